The molecule has 2 heterocycles. The Kier molecular flexibility index (Phi) is 4.68. The van der Waals surface area contributed by atoms with E-state index in [0.717, 1.165) is 0 Å². The fourth-order valence-electron chi connectivity index (χ4n) is 2.72. The highest BCUT2D eigenvalue weighted by atomic mass is 35.9. The molecule has 2 rings (SSSR count). The van der Waals surface area contributed by atoms with Crippen molar-refractivity contribution in [3.8, 4) is 0 Å². The first-order valence-corrected chi connectivity index (χ1v) is 14.8. The van der Waals surface area contributed by atoms with Crippen LogP contribution in [0.2, 0.25) is 0 Å². The van der Waals surface area contributed by atoms with Crippen LogP contribution in [-0.2, 0) is 0 Å². The second kappa shape index (κ2) is 5.14. The van der Waals surface area contributed by atoms with Crippen molar-refractivity contribution in [2.75, 3.05) is 0 Å². The molecule has 0 aromatic heterocycles. The molecular formula is C15H27Cl2P4+. The minimum Gasteiger partial charge on any atom is -0.0556 e. The summed E-state index contributed by atoms with van der Waals surface area (Å²) in [6, 6.07) is 0. The lowest BCUT2D eigenvalue weighted by molar-refractivity contribution is 0.435. The van der Waals surface area contributed by atoms with Crippen molar-refractivity contribution in [1.29, 1.82) is 0 Å². The molecule has 2 aliphatic heterocycles. The van der Waals surface area contributed by atoms with Gasteiger partial charge in [0.05, 0.1) is 0 Å². The molecule has 0 unspecified atom stereocenters. The molecule has 0 aliphatic carbocycles. The van der Waals surface area contributed by atoms with Crippen LogP contribution >= 0.6 is 52.2 Å². The Hall–Kier alpha value is 1.78. The van der Waals surface area contributed by atoms with E-state index < -0.39 is 13.3 Å². The molecule has 0 N–H and O–H groups in total. The molecule has 2 bridgehead atoms. The number of hydrogen-bond donors (Lipinski definition) is 0. The second-order valence-electron chi connectivity index (χ2n) is 9.05. The van der Waals surface area contributed by atoms with E-state index in [-0.39, 0.29) is 20.9 Å². The molecule has 0 spiro atoms. The van der Waals surface area contributed by atoms with E-state index in [1.165, 1.54) is 16.4 Å². The molecule has 0 fully saturated rings. The third-order valence-corrected chi connectivity index (χ3v) is 27.7. The normalized spacial score (nSPS) is 33.8. The van der Waals surface area contributed by atoms with Crippen molar-refractivity contribution in [2.45, 2.75) is 67.0 Å². The van der Waals surface area contributed by atoms with Crippen LogP contribution in [0.4, 0.5) is 0 Å². The molecule has 0 saturated heterocycles. The van der Waals surface area contributed by atoms with Crippen LogP contribution in [0.1, 0.15) is 62.3 Å². The van der Waals surface area contributed by atoms with Gasteiger partial charge in [0.1, 0.15) is 22.5 Å². The van der Waals surface area contributed by atoms with Crippen molar-refractivity contribution in [3.05, 3.63) is 0 Å². The Morgan fingerprint density at radius 2 is 1.14 bits per heavy atom. The van der Waals surface area contributed by atoms with Crippen molar-refractivity contribution in [3.63, 3.8) is 0 Å². The van der Waals surface area contributed by atoms with E-state index in [2.05, 4.69) is 62.3 Å². The van der Waals surface area contributed by atoms with Crippen LogP contribution in [0.25, 0.3) is 0 Å². The number of rotatable bonds is 0. The van der Waals surface area contributed by atoms with E-state index >= 15 is 0 Å². The Labute approximate surface area is 145 Å². The van der Waals surface area contributed by atoms with Gasteiger partial charge in [0.2, 0.25) is 0 Å². The lowest BCUT2D eigenvalue weighted by atomic mass is 9.99. The van der Waals surface area contributed by atoms with Gasteiger partial charge in [-0.15, -0.1) is 0 Å². The predicted molar refractivity (Wildman–Crippen MR) is 110 cm³/mol. The van der Waals surface area contributed by atoms with Crippen LogP contribution in [0.5, 0.6) is 0 Å². The average Bonchev–Trinajstić information content (AvgIpc) is 2.59. The summed E-state index contributed by atoms with van der Waals surface area (Å²) in [7, 11) is 2.40. The number of fused-ring (bicyclic) bond motifs is 2. The SMILES string of the molecule is CC(C)(C)C1=PC2(C(C)(C)C)P=C(C(C)(C)C)P1[P+]2(Cl)Cl. The summed E-state index contributed by atoms with van der Waals surface area (Å²) in [5.74, 6) is 0. The second-order valence-corrected chi connectivity index (χ2v) is 24.6. The Morgan fingerprint density at radius 1 is 0.810 bits per heavy atom. The zero-order valence-electron chi connectivity index (χ0n) is 14.5. The molecule has 0 radical (unpaired) electrons. The smallest absolute Gasteiger partial charge is 0.0556 e. The molecule has 0 atom stereocenters. The molecule has 0 saturated carbocycles. The van der Waals surface area contributed by atoms with Gasteiger partial charge in [-0.05, 0) is 27.2 Å². The van der Waals surface area contributed by atoms with Crippen molar-refractivity contribution < 1.29 is 0 Å². The van der Waals surface area contributed by atoms with Gasteiger partial charge >= 0.3 is 0 Å². The Morgan fingerprint density at radius 3 is 1.33 bits per heavy atom. The molecule has 120 valence electrons. The molecular weight excluding hydrogens is 375 g/mol. The van der Waals surface area contributed by atoms with Gasteiger partial charge < -0.3 is 0 Å². The fourth-order valence-corrected chi connectivity index (χ4v) is 31.6. The molecule has 21 heavy (non-hydrogen) atoms. The van der Waals surface area contributed by atoms with E-state index in [0.29, 0.717) is 0 Å². The minimum atomic E-state index is -2.01. The fraction of sp³-hybridized carbons (Fsp3) is 0.867. The molecule has 0 aromatic rings. The third kappa shape index (κ3) is 2.74. The van der Waals surface area contributed by atoms with E-state index in [1.807, 2.05) is 0 Å². The number of hydrogen-bond acceptors (Lipinski definition) is 0. The highest BCUT2D eigenvalue weighted by molar-refractivity contribution is 8.75. The summed E-state index contributed by atoms with van der Waals surface area (Å²) in [6.07, 6.45) is 0. The Bertz CT molecular complexity index is 495. The molecule has 2 aliphatic rings. The highest BCUT2D eigenvalue weighted by Gasteiger charge is 2.79. The zero-order chi connectivity index (χ0) is 16.6. The summed E-state index contributed by atoms with van der Waals surface area (Å²) >= 11 is 14.4. The first-order chi connectivity index (χ1) is 9.06. The lowest BCUT2D eigenvalue weighted by Crippen LogP contribution is -2.30. The average molecular weight is 402 g/mol. The first kappa shape index (κ1) is 19.1. The van der Waals surface area contributed by atoms with E-state index in [4.69, 9.17) is 22.5 Å². The maximum absolute atomic E-state index is 7.22. The third-order valence-electron chi connectivity index (χ3n) is 3.90. The predicted octanol–water partition coefficient (Wildman–Crippen LogP) is 8.68. The highest BCUT2D eigenvalue weighted by Crippen LogP contribution is 3.11. The molecule has 0 nitrogen and oxygen atoms in total. The zero-order valence-corrected chi connectivity index (χ0v) is 19.6. The van der Waals surface area contributed by atoms with Gasteiger partial charge in [0, 0.05) is 15.5 Å². The van der Waals surface area contributed by atoms with Crippen LogP contribution in [0.15, 0.2) is 0 Å². The monoisotopic (exact) mass is 401 g/mol. The van der Waals surface area contributed by atoms with Gasteiger partial charge in [-0.2, -0.15) is 0 Å². The van der Waals surface area contributed by atoms with Gasteiger partial charge in [-0.25, -0.2) is 0 Å². The number of halogens is 2. The van der Waals surface area contributed by atoms with E-state index in [9.17, 15) is 0 Å². The van der Waals surface area contributed by atoms with Crippen molar-refractivity contribution in [2.24, 2.45) is 16.2 Å². The summed E-state index contributed by atoms with van der Waals surface area (Å²) < 4.78 is 0.0417. The maximum atomic E-state index is 7.22. The summed E-state index contributed by atoms with van der Waals surface area (Å²) in [4.78, 5) is 0. The first-order valence-electron chi connectivity index (χ1n) is 7.35. The summed E-state index contributed by atoms with van der Waals surface area (Å²) in [6.45, 7) is 21.0. The van der Waals surface area contributed by atoms with Crippen molar-refractivity contribution >= 4 is 62.2 Å². The van der Waals surface area contributed by atoms with Crippen LogP contribution in [0, 0.1) is 16.2 Å². The van der Waals surface area contributed by atoms with Crippen LogP contribution in [0.3, 0.4) is 0 Å². The quantitative estimate of drug-likeness (QED) is 0.356. The van der Waals surface area contributed by atoms with Crippen molar-refractivity contribution in [1.82, 2.24) is 0 Å². The molecule has 0 aromatic carbocycles. The van der Waals surface area contributed by atoms with Gasteiger partial charge in [-0.1, -0.05) is 62.3 Å². The minimum absolute atomic E-state index is 0.0417. The Balaban J connectivity index is 2.75. The topological polar surface area (TPSA) is 0 Å². The maximum Gasteiger partial charge on any atom is 0.260 e. The van der Waals surface area contributed by atoms with E-state index in [1.54, 1.807) is 10.1 Å². The molecule has 0 amide bonds. The van der Waals surface area contributed by atoms with Crippen LogP contribution in [-0.4, -0.2) is 14.7 Å². The summed E-state index contributed by atoms with van der Waals surface area (Å²) in [5, 5.41) is 3.27. The van der Waals surface area contributed by atoms with Crippen LogP contribution < -0.4 is 0 Å². The largest absolute Gasteiger partial charge is 0.260 e. The van der Waals surface area contributed by atoms with Gasteiger partial charge in [0.15, 0.2) is 12.2 Å². The van der Waals surface area contributed by atoms with Gasteiger partial charge in [-0.3, -0.25) is 0 Å². The lowest BCUT2D eigenvalue weighted by Gasteiger charge is -2.34. The summed E-state index contributed by atoms with van der Waals surface area (Å²) in [5.41, 5.74) is -1.49. The molecule has 6 heteroatoms. The standard InChI is InChI=1S/C15H27Cl2P4/c1-12(2,3)10-18-15(14(7,8)9)19-11(13(4,5)6)20(10)21(15,16)17/h1-9H3/q+1. The van der Waals surface area contributed by atoms with Gasteiger partial charge in [0.25, 0.3) is 5.66 Å².